The van der Waals surface area contributed by atoms with Gasteiger partial charge in [-0.05, 0) is 38.3 Å². The number of β-amino-alcohol motifs (C(OH)–C–C–N with tert-alkyl or cyclic N) is 1. The van der Waals surface area contributed by atoms with Gasteiger partial charge < -0.3 is 10.0 Å². The van der Waals surface area contributed by atoms with Crippen LogP contribution in [0.25, 0.3) is 0 Å². The highest BCUT2D eigenvalue weighted by atomic mass is 32.2. The van der Waals surface area contributed by atoms with E-state index in [1.54, 1.807) is 7.05 Å². The Morgan fingerprint density at radius 2 is 1.95 bits per heavy atom. The number of likely N-dealkylation sites (N-methyl/N-ethyl adjacent to an activating group) is 1. The molecular weight excluding hydrogens is 264 g/mol. The molecule has 0 bridgehead atoms. The van der Waals surface area contributed by atoms with E-state index in [1.807, 2.05) is 6.92 Å². The van der Waals surface area contributed by atoms with E-state index in [-0.39, 0.29) is 12.3 Å². The van der Waals surface area contributed by atoms with E-state index in [0.717, 1.165) is 31.8 Å². The van der Waals surface area contributed by atoms with E-state index in [1.165, 1.54) is 4.31 Å². The summed E-state index contributed by atoms with van der Waals surface area (Å²) in [5.74, 6) is 0.915. The molecule has 0 aromatic rings. The Morgan fingerprint density at radius 1 is 1.37 bits per heavy atom. The van der Waals surface area contributed by atoms with Gasteiger partial charge in [0.2, 0.25) is 10.0 Å². The molecule has 0 amide bonds. The number of hydrogen-bond donors (Lipinski definition) is 1. The minimum atomic E-state index is -3.20. The van der Waals surface area contributed by atoms with Crippen LogP contribution in [0.1, 0.15) is 33.1 Å². The molecule has 114 valence electrons. The van der Waals surface area contributed by atoms with Crippen LogP contribution in [-0.2, 0) is 10.0 Å². The van der Waals surface area contributed by atoms with E-state index < -0.39 is 16.1 Å². The summed E-state index contributed by atoms with van der Waals surface area (Å²) in [5.41, 5.74) is 0. The first-order chi connectivity index (χ1) is 8.85. The van der Waals surface area contributed by atoms with Crippen LogP contribution in [0.15, 0.2) is 0 Å². The maximum absolute atomic E-state index is 11.8. The Hall–Kier alpha value is -0.170. The summed E-state index contributed by atoms with van der Waals surface area (Å²) in [6.45, 7) is 6.86. The van der Waals surface area contributed by atoms with Gasteiger partial charge in [0.25, 0.3) is 0 Å². The number of aliphatic hydroxyl groups is 1. The molecule has 0 aromatic carbocycles. The Labute approximate surface area is 117 Å². The molecule has 5 nitrogen and oxygen atoms in total. The summed E-state index contributed by atoms with van der Waals surface area (Å²) < 4.78 is 24.9. The summed E-state index contributed by atoms with van der Waals surface area (Å²) in [4.78, 5) is 2.23. The fraction of sp³-hybridized carbons (Fsp3) is 1.00. The Balaban J connectivity index is 2.36. The number of piperidine rings is 1. The van der Waals surface area contributed by atoms with Crippen molar-refractivity contribution in [3.63, 3.8) is 0 Å². The number of aliphatic hydroxyl groups excluding tert-OH is 1. The second kappa shape index (κ2) is 7.57. The van der Waals surface area contributed by atoms with Crippen molar-refractivity contribution in [2.75, 3.05) is 39.0 Å². The monoisotopic (exact) mass is 292 g/mol. The van der Waals surface area contributed by atoms with Crippen LogP contribution < -0.4 is 0 Å². The van der Waals surface area contributed by atoms with Gasteiger partial charge in [-0.15, -0.1) is 0 Å². The first-order valence-corrected chi connectivity index (χ1v) is 8.80. The SMILES string of the molecule is CCCS(=O)(=O)N(C)C[C@H](O)CN1CCC(C)CC1. The van der Waals surface area contributed by atoms with E-state index in [4.69, 9.17) is 0 Å². The molecule has 1 fully saturated rings. The van der Waals surface area contributed by atoms with Crippen molar-refractivity contribution in [2.45, 2.75) is 39.2 Å². The summed E-state index contributed by atoms with van der Waals surface area (Å²) in [6, 6.07) is 0. The number of nitrogens with zero attached hydrogens (tertiary/aromatic N) is 2. The largest absolute Gasteiger partial charge is 0.390 e. The molecule has 1 heterocycles. The fourth-order valence-corrected chi connectivity index (χ4v) is 3.65. The van der Waals surface area contributed by atoms with Crippen molar-refractivity contribution in [3.05, 3.63) is 0 Å². The molecule has 0 unspecified atom stereocenters. The van der Waals surface area contributed by atoms with Crippen LogP contribution in [0.3, 0.4) is 0 Å². The smallest absolute Gasteiger partial charge is 0.213 e. The standard InChI is InChI=1S/C13H28N2O3S/c1-4-9-19(17,18)14(3)10-13(16)11-15-7-5-12(2)6-8-15/h12-13,16H,4-11H2,1-3H3/t13-/m0/s1. The summed E-state index contributed by atoms with van der Waals surface area (Å²) in [7, 11) is -1.65. The predicted octanol–water partition coefficient (Wildman–Crippen LogP) is 0.751. The van der Waals surface area contributed by atoms with Crippen molar-refractivity contribution in [2.24, 2.45) is 5.92 Å². The molecule has 1 atom stereocenters. The molecule has 1 aliphatic heterocycles. The minimum Gasteiger partial charge on any atom is -0.390 e. The molecule has 0 aromatic heterocycles. The molecule has 0 spiro atoms. The zero-order chi connectivity index (χ0) is 14.5. The average molecular weight is 292 g/mol. The van der Waals surface area contributed by atoms with Gasteiger partial charge in [0.1, 0.15) is 0 Å². The molecule has 0 saturated carbocycles. The fourth-order valence-electron chi connectivity index (χ4n) is 2.42. The molecule has 1 saturated heterocycles. The molecule has 0 radical (unpaired) electrons. The second-order valence-corrected chi connectivity index (χ2v) is 7.93. The van der Waals surface area contributed by atoms with Gasteiger partial charge in [0.05, 0.1) is 11.9 Å². The van der Waals surface area contributed by atoms with Gasteiger partial charge in [0, 0.05) is 20.1 Å². The lowest BCUT2D eigenvalue weighted by molar-refractivity contribution is 0.0813. The second-order valence-electron chi connectivity index (χ2n) is 5.73. The third-order valence-corrected chi connectivity index (χ3v) is 5.77. The lowest BCUT2D eigenvalue weighted by atomic mass is 9.99. The maximum Gasteiger partial charge on any atom is 0.213 e. The quantitative estimate of drug-likeness (QED) is 0.752. The van der Waals surface area contributed by atoms with Gasteiger partial charge in [-0.25, -0.2) is 12.7 Å². The van der Waals surface area contributed by atoms with E-state index >= 15 is 0 Å². The average Bonchev–Trinajstić information content (AvgIpc) is 2.32. The zero-order valence-electron chi connectivity index (χ0n) is 12.4. The molecule has 1 rings (SSSR count). The molecule has 1 N–H and O–H groups in total. The van der Waals surface area contributed by atoms with E-state index in [0.29, 0.717) is 13.0 Å². The van der Waals surface area contributed by atoms with Crippen LogP contribution in [0.2, 0.25) is 0 Å². The first kappa shape index (κ1) is 16.9. The topological polar surface area (TPSA) is 60.9 Å². The predicted molar refractivity (Wildman–Crippen MR) is 77.6 cm³/mol. The molecule has 19 heavy (non-hydrogen) atoms. The number of sulfonamides is 1. The molecule has 6 heteroatoms. The van der Waals surface area contributed by atoms with E-state index in [9.17, 15) is 13.5 Å². The van der Waals surface area contributed by atoms with Crippen LogP contribution >= 0.6 is 0 Å². The van der Waals surface area contributed by atoms with Crippen LogP contribution in [0.4, 0.5) is 0 Å². The zero-order valence-corrected chi connectivity index (χ0v) is 13.2. The number of hydrogen-bond acceptors (Lipinski definition) is 4. The van der Waals surface area contributed by atoms with Crippen LogP contribution in [0, 0.1) is 5.92 Å². The van der Waals surface area contributed by atoms with Crippen LogP contribution in [0.5, 0.6) is 0 Å². The molecular formula is C13H28N2O3S. The van der Waals surface area contributed by atoms with Crippen molar-refractivity contribution in [1.29, 1.82) is 0 Å². The Morgan fingerprint density at radius 3 is 2.47 bits per heavy atom. The lowest BCUT2D eigenvalue weighted by Crippen LogP contribution is -2.43. The van der Waals surface area contributed by atoms with Gasteiger partial charge in [0.15, 0.2) is 0 Å². The normalized spacial score (nSPS) is 20.9. The third-order valence-electron chi connectivity index (χ3n) is 3.75. The molecule has 0 aliphatic carbocycles. The van der Waals surface area contributed by atoms with Gasteiger partial charge in [-0.1, -0.05) is 13.8 Å². The highest BCUT2D eigenvalue weighted by molar-refractivity contribution is 7.89. The van der Waals surface area contributed by atoms with E-state index in [2.05, 4.69) is 11.8 Å². The minimum absolute atomic E-state index is 0.150. The number of rotatable bonds is 7. The Kier molecular flexibility index (Phi) is 6.73. The highest BCUT2D eigenvalue weighted by Gasteiger charge is 2.22. The number of likely N-dealkylation sites (tertiary alicyclic amines) is 1. The summed E-state index contributed by atoms with van der Waals surface area (Å²) >= 11 is 0. The van der Waals surface area contributed by atoms with Crippen molar-refractivity contribution < 1.29 is 13.5 Å². The maximum atomic E-state index is 11.8. The van der Waals surface area contributed by atoms with Gasteiger partial charge in [-0.2, -0.15) is 0 Å². The lowest BCUT2D eigenvalue weighted by Gasteiger charge is -2.32. The Bertz CT molecular complexity index is 351. The highest BCUT2D eigenvalue weighted by Crippen LogP contribution is 2.16. The summed E-state index contributed by atoms with van der Waals surface area (Å²) in [6.07, 6.45) is 2.32. The van der Waals surface area contributed by atoms with Crippen LogP contribution in [-0.4, -0.2) is 67.8 Å². The molecule has 1 aliphatic rings. The van der Waals surface area contributed by atoms with Crippen molar-refractivity contribution in [1.82, 2.24) is 9.21 Å². The van der Waals surface area contributed by atoms with Gasteiger partial charge >= 0.3 is 0 Å². The summed E-state index contributed by atoms with van der Waals surface area (Å²) in [5, 5.41) is 10.0. The van der Waals surface area contributed by atoms with Crippen molar-refractivity contribution >= 4 is 10.0 Å². The third kappa shape index (κ3) is 5.77. The van der Waals surface area contributed by atoms with Gasteiger partial charge in [-0.3, -0.25) is 0 Å². The first-order valence-electron chi connectivity index (χ1n) is 7.19. The van der Waals surface area contributed by atoms with Crippen molar-refractivity contribution in [3.8, 4) is 0 Å².